The number of para-hydroxylation sites is 2. The van der Waals surface area contributed by atoms with Crippen LogP contribution in [0.4, 0.5) is 4.39 Å². The van der Waals surface area contributed by atoms with Crippen LogP contribution >= 0.6 is 0 Å². The van der Waals surface area contributed by atoms with E-state index >= 15 is 0 Å². The summed E-state index contributed by atoms with van der Waals surface area (Å²) in [6, 6.07) is 73.4. The minimum Gasteiger partial charge on any atom is -0.499 e. The number of benzene rings is 8. The molecule has 4 aromatic heterocycles. The van der Waals surface area contributed by atoms with Gasteiger partial charge in [-0.2, -0.15) is 0 Å². The summed E-state index contributed by atoms with van der Waals surface area (Å²) in [6.45, 7) is 1.98. The largest absolute Gasteiger partial charge is 0.499 e. The van der Waals surface area contributed by atoms with Crippen molar-refractivity contribution in [2.45, 2.75) is 38.6 Å². The molecular formula is C66H53FGeIrN4O-2. The fourth-order valence-electron chi connectivity index (χ4n) is 9.86. The number of hydrogen-bond donors (Lipinski definition) is 0. The van der Waals surface area contributed by atoms with Crippen molar-refractivity contribution in [1.82, 2.24) is 19.5 Å². The van der Waals surface area contributed by atoms with Gasteiger partial charge in [0.2, 0.25) is 0 Å². The molecule has 0 aliphatic rings. The van der Waals surface area contributed by atoms with Crippen LogP contribution in [0.1, 0.15) is 29.1 Å². The number of furan rings is 1. The van der Waals surface area contributed by atoms with Crippen LogP contribution in [0.5, 0.6) is 0 Å². The van der Waals surface area contributed by atoms with Gasteiger partial charge in [-0.05, 0) is 52.4 Å². The number of imidazole rings is 1. The molecule has 0 saturated heterocycles. The maximum Gasteiger partial charge on any atom is 0.140 e. The van der Waals surface area contributed by atoms with Crippen molar-refractivity contribution in [3.05, 3.63) is 242 Å². The minimum absolute atomic E-state index is 0. The first kappa shape index (κ1) is 46.3. The standard InChI is InChI=1S/C42H26N3O.C24H27FGeN.Ir/c1-4-12-28(13-5-1)30-20-22-33(23-21-30)45-37-19-11-10-18-36(37)44-42(45)35-25-24-34(31-16-8-3-9-17-31)39-40-38(46-41(35)39)26-32(27-43-40)29-14-6-2-7-15-29;1-17(2)13-19-15-24(21-12-11-18(3)14-22(21)25)27-16-23(19)26(4,5)20-9-7-6-8-10-20;/h1-24,26-27H;6-11,14-17H,13H2,1-5H3;/q2*-1;/i;3D3;. The first-order valence-corrected chi connectivity index (χ1v) is 30.9. The Balaban J connectivity index is 0.000000189. The van der Waals surface area contributed by atoms with Crippen LogP contribution in [0.25, 0.3) is 94.8 Å². The second kappa shape index (κ2) is 21.5. The Morgan fingerprint density at radius 2 is 1.26 bits per heavy atom. The number of nitrogens with zero attached hydrogens (tertiary/aromatic N) is 4. The monoisotopic (exact) mass is 1210 g/mol. The molecule has 0 saturated carbocycles. The average Bonchev–Trinajstić information content (AvgIpc) is 4.26. The van der Waals surface area contributed by atoms with E-state index < -0.39 is 25.9 Å². The molecule has 0 amide bonds. The number of rotatable bonds is 10. The molecule has 0 bridgehead atoms. The molecule has 365 valence electrons. The normalized spacial score (nSPS) is 12.2. The van der Waals surface area contributed by atoms with Crippen molar-refractivity contribution in [2.75, 3.05) is 0 Å². The van der Waals surface area contributed by atoms with E-state index in [-0.39, 0.29) is 31.2 Å². The van der Waals surface area contributed by atoms with Gasteiger partial charge in [0.05, 0.1) is 28.0 Å². The first-order chi connectivity index (χ1) is 36.8. The van der Waals surface area contributed by atoms with Crippen molar-refractivity contribution in [3.8, 4) is 61.7 Å². The second-order valence-corrected chi connectivity index (χ2v) is 28.4. The zero-order valence-electron chi connectivity index (χ0n) is 44.4. The Morgan fingerprint density at radius 3 is 1.92 bits per heavy atom. The third-order valence-electron chi connectivity index (χ3n) is 13.5. The minimum atomic E-state index is -2.58. The predicted molar refractivity (Wildman–Crippen MR) is 302 cm³/mol. The summed E-state index contributed by atoms with van der Waals surface area (Å²) in [4.78, 5) is 14.8. The van der Waals surface area contributed by atoms with Crippen LogP contribution in [-0.2, 0) is 26.5 Å². The molecule has 12 aromatic rings. The van der Waals surface area contributed by atoms with Gasteiger partial charge in [-0.3, -0.25) is 9.97 Å². The fourth-order valence-corrected chi connectivity index (χ4v) is 15.5. The summed E-state index contributed by atoms with van der Waals surface area (Å²) in [5.41, 5.74) is 14.4. The number of hydrogen-bond acceptors (Lipinski definition) is 4. The zero-order chi connectivity index (χ0) is 52.6. The van der Waals surface area contributed by atoms with Crippen LogP contribution in [-0.4, -0.2) is 32.8 Å². The molecule has 12 rings (SSSR count). The van der Waals surface area contributed by atoms with E-state index in [4.69, 9.17) is 18.5 Å². The summed E-state index contributed by atoms with van der Waals surface area (Å²) >= 11 is -2.58. The third-order valence-corrected chi connectivity index (χ3v) is 21.0. The maximum absolute atomic E-state index is 14.8. The van der Waals surface area contributed by atoms with E-state index in [1.807, 2.05) is 60.9 Å². The van der Waals surface area contributed by atoms with Gasteiger partial charge < -0.3 is 8.98 Å². The van der Waals surface area contributed by atoms with E-state index in [9.17, 15) is 4.39 Å². The summed E-state index contributed by atoms with van der Waals surface area (Å²) in [6.07, 6.45) is 4.72. The molecule has 1 radical (unpaired) electrons. The molecular weight excluding hydrogens is 1150 g/mol. The molecule has 0 atom stereocenters. The molecule has 0 aliphatic heterocycles. The Bertz CT molecular complexity index is 4020. The predicted octanol–water partition coefficient (Wildman–Crippen LogP) is 15.8. The molecule has 0 spiro atoms. The van der Waals surface area contributed by atoms with Gasteiger partial charge in [0.25, 0.3) is 0 Å². The van der Waals surface area contributed by atoms with Crippen LogP contribution in [0, 0.1) is 30.7 Å². The Labute approximate surface area is 452 Å². The second-order valence-electron chi connectivity index (χ2n) is 19.3. The Kier molecular flexibility index (Phi) is 13.4. The van der Waals surface area contributed by atoms with Crippen LogP contribution in [0.2, 0.25) is 11.5 Å². The van der Waals surface area contributed by atoms with E-state index in [1.54, 1.807) is 0 Å². The van der Waals surface area contributed by atoms with E-state index in [2.05, 4.69) is 187 Å². The fraction of sp³-hybridized carbons (Fsp3) is 0.106. The molecule has 0 aliphatic carbocycles. The summed E-state index contributed by atoms with van der Waals surface area (Å²) in [5, 5.41) is 0.951. The molecule has 8 aromatic carbocycles. The maximum atomic E-state index is 14.8. The van der Waals surface area contributed by atoms with Crippen molar-refractivity contribution >= 4 is 55.2 Å². The SMILES string of the molecule is [2H]C([2H])([2H])c1c[c-]c(-c2cc(CC(C)C)[c]([Ge]([CH3])([CH3])[c]3ccccc3)cn2)c(F)c1.[Ir].[c-]1cc(-c2ccccc2)c2c(oc3cc(-c4ccccc4)cnc32)c1-c1nc2ccccc2n1-c1ccc(-c2ccccc2)cc1. The molecule has 74 heavy (non-hydrogen) atoms. The van der Waals surface area contributed by atoms with Gasteiger partial charge in [-0.25, -0.2) is 0 Å². The van der Waals surface area contributed by atoms with E-state index in [0.29, 0.717) is 17.2 Å². The molecule has 4 heterocycles. The quantitative estimate of drug-likeness (QED) is 0.101. The van der Waals surface area contributed by atoms with E-state index in [0.717, 1.165) is 84.9 Å². The van der Waals surface area contributed by atoms with Crippen molar-refractivity contribution in [3.63, 3.8) is 0 Å². The van der Waals surface area contributed by atoms with Crippen molar-refractivity contribution in [1.29, 1.82) is 0 Å². The number of aromatic nitrogens is 4. The van der Waals surface area contributed by atoms with Crippen molar-refractivity contribution < 1.29 is 33.0 Å². The molecule has 0 fully saturated rings. The third kappa shape index (κ3) is 9.96. The Hall–Kier alpha value is -7.55. The summed E-state index contributed by atoms with van der Waals surface area (Å²) in [7, 11) is 0. The van der Waals surface area contributed by atoms with Crippen LogP contribution in [0.3, 0.4) is 0 Å². The number of pyridine rings is 2. The van der Waals surface area contributed by atoms with Gasteiger partial charge in [0.1, 0.15) is 5.58 Å². The van der Waals surface area contributed by atoms with Crippen LogP contribution in [0.15, 0.2) is 217 Å². The van der Waals surface area contributed by atoms with E-state index in [1.165, 1.54) is 26.0 Å². The van der Waals surface area contributed by atoms with Gasteiger partial charge >= 0.3 is 169 Å². The van der Waals surface area contributed by atoms with Gasteiger partial charge in [-0.15, -0.1) is 12.1 Å². The summed E-state index contributed by atoms with van der Waals surface area (Å²) in [5.74, 6) is 5.31. The molecule has 5 nitrogen and oxygen atoms in total. The number of aryl methyl sites for hydroxylation is 1. The van der Waals surface area contributed by atoms with Gasteiger partial charge in [0.15, 0.2) is 0 Å². The topological polar surface area (TPSA) is 56.7 Å². The zero-order valence-corrected chi connectivity index (χ0v) is 45.9. The molecule has 0 N–H and O–H groups in total. The number of halogens is 1. The van der Waals surface area contributed by atoms with Gasteiger partial charge in [-0.1, -0.05) is 132 Å². The van der Waals surface area contributed by atoms with Crippen molar-refractivity contribution in [2.24, 2.45) is 5.92 Å². The molecule has 8 heteroatoms. The first-order valence-electron chi connectivity index (χ1n) is 26.1. The Morgan fingerprint density at radius 1 is 0.649 bits per heavy atom. The smallest absolute Gasteiger partial charge is 0.140 e. The number of fused-ring (bicyclic) bond motifs is 4. The average molecular weight is 1210 g/mol. The van der Waals surface area contributed by atoms with Crippen LogP contribution < -0.4 is 8.79 Å². The molecule has 0 unspecified atom stereocenters. The van der Waals surface area contributed by atoms with Gasteiger partial charge in [0, 0.05) is 37.6 Å². The summed E-state index contributed by atoms with van der Waals surface area (Å²) < 4.78 is 48.8.